The first-order valence-electron chi connectivity index (χ1n) is 6.33. The molecule has 0 aliphatic heterocycles. The summed E-state index contributed by atoms with van der Waals surface area (Å²) < 4.78 is 5.93. The third kappa shape index (κ3) is 0.512. The average molecular weight is 192 g/mol. The molecule has 0 radical (unpaired) electrons. The molecule has 0 N–H and O–H groups in total. The van der Waals surface area contributed by atoms with Crippen molar-refractivity contribution in [1.82, 2.24) is 0 Å². The predicted octanol–water partition coefficient (Wildman–Crippen LogP) is 2.85. The first-order chi connectivity index (χ1) is 6.78. The Morgan fingerprint density at radius 2 is 2.00 bits per heavy atom. The Morgan fingerprint density at radius 1 is 1.21 bits per heavy atom. The molecule has 6 atom stereocenters. The van der Waals surface area contributed by atoms with Crippen LogP contribution in [0.4, 0.5) is 0 Å². The molecular weight excluding hydrogens is 172 g/mol. The topological polar surface area (TPSA) is 9.23 Å². The third-order valence-electron chi connectivity index (χ3n) is 6.52. The van der Waals surface area contributed by atoms with Gasteiger partial charge in [-0.25, -0.2) is 0 Å². The van der Waals surface area contributed by atoms with Gasteiger partial charge in [-0.2, -0.15) is 0 Å². The zero-order valence-corrected chi connectivity index (χ0v) is 9.25. The molecule has 4 aliphatic carbocycles. The Morgan fingerprint density at radius 3 is 2.64 bits per heavy atom. The van der Waals surface area contributed by atoms with Crippen molar-refractivity contribution in [3.05, 3.63) is 0 Å². The van der Waals surface area contributed by atoms with Gasteiger partial charge in [0.1, 0.15) is 0 Å². The van der Waals surface area contributed by atoms with Gasteiger partial charge in [-0.15, -0.1) is 0 Å². The van der Waals surface area contributed by atoms with Crippen molar-refractivity contribution < 1.29 is 4.74 Å². The molecule has 1 heteroatoms. The van der Waals surface area contributed by atoms with Crippen molar-refractivity contribution in [2.45, 2.75) is 44.6 Å². The van der Waals surface area contributed by atoms with Crippen molar-refractivity contribution in [3.63, 3.8) is 0 Å². The van der Waals surface area contributed by atoms with Crippen LogP contribution in [0.15, 0.2) is 0 Å². The van der Waals surface area contributed by atoms with E-state index in [0.717, 1.165) is 29.1 Å². The van der Waals surface area contributed by atoms with E-state index in [1.165, 1.54) is 19.3 Å². The molecule has 14 heavy (non-hydrogen) atoms. The number of fused-ring (bicyclic) bond motifs is 1. The third-order valence-corrected chi connectivity index (χ3v) is 6.52. The van der Waals surface area contributed by atoms with Crippen LogP contribution in [0.5, 0.6) is 0 Å². The summed E-state index contributed by atoms with van der Waals surface area (Å²) >= 11 is 0. The molecule has 4 saturated carbocycles. The first kappa shape index (κ1) is 8.15. The molecule has 4 rings (SSSR count). The maximum absolute atomic E-state index is 5.93. The van der Waals surface area contributed by atoms with E-state index >= 15 is 0 Å². The summed E-state index contributed by atoms with van der Waals surface area (Å²) in [5.41, 5.74) is 1.14. The van der Waals surface area contributed by atoms with Crippen LogP contribution in [0.3, 0.4) is 0 Å². The highest BCUT2D eigenvalue weighted by Crippen LogP contribution is 2.85. The second kappa shape index (κ2) is 2.07. The average Bonchev–Trinajstić information content (AvgIpc) is 2.68. The molecule has 0 amide bonds. The molecule has 0 aromatic rings. The fourth-order valence-corrected chi connectivity index (χ4v) is 6.24. The number of ether oxygens (including phenoxy) is 1. The van der Waals surface area contributed by atoms with Crippen LogP contribution in [0.1, 0.15) is 39.0 Å². The smallest absolute Gasteiger partial charge is 0.0743 e. The summed E-state index contributed by atoms with van der Waals surface area (Å²) in [4.78, 5) is 0. The van der Waals surface area contributed by atoms with Gasteiger partial charge in [0.15, 0.2) is 0 Å². The lowest BCUT2D eigenvalue weighted by Crippen LogP contribution is -2.76. The van der Waals surface area contributed by atoms with Gasteiger partial charge in [0.05, 0.1) is 5.60 Å². The molecule has 2 bridgehead atoms. The number of rotatable bonds is 2. The van der Waals surface area contributed by atoms with Gasteiger partial charge in [-0.3, -0.25) is 0 Å². The summed E-state index contributed by atoms with van der Waals surface area (Å²) in [5.74, 6) is 4.10. The highest BCUT2D eigenvalue weighted by Gasteiger charge is 2.82. The van der Waals surface area contributed by atoms with E-state index in [2.05, 4.69) is 6.92 Å². The number of hydrogen-bond acceptors (Lipinski definition) is 1. The monoisotopic (exact) mass is 192 g/mol. The molecule has 0 aromatic heterocycles. The lowest BCUT2D eigenvalue weighted by molar-refractivity contribution is -0.332. The van der Waals surface area contributed by atoms with Crippen molar-refractivity contribution in [1.29, 1.82) is 0 Å². The van der Waals surface area contributed by atoms with Gasteiger partial charge >= 0.3 is 0 Å². The minimum atomic E-state index is 0.325. The van der Waals surface area contributed by atoms with Crippen LogP contribution in [0, 0.1) is 29.1 Å². The van der Waals surface area contributed by atoms with Crippen LogP contribution in [0.2, 0.25) is 0 Å². The van der Waals surface area contributed by atoms with Gasteiger partial charge in [0, 0.05) is 7.11 Å². The van der Waals surface area contributed by atoms with E-state index in [1.54, 1.807) is 12.8 Å². The molecule has 0 aromatic carbocycles. The summed E-state index contributed by atoms with van der Waals surface area (Å²) in [5, 5.41) is 0. The fraction of sp³-hybridized carbons (Fsp3) is 1.00. The Hall–Kier alpha value is -0.0400. The Kier molecular flexibility index (Phi) is 1.20. The molecule has 78 valence electrons. The molecular formula is C13H20O. The van der Waals surface area contributed by atoms with E-state index in [0.29, 0.717) is 5.60 Å². The first-order valence-corrected chi connectivity index (χ1v) is 6.33. The van der Waals surface area contributed by atoms with Crippen LogP contribution >= 0.6 is 0 Å². The van der Waals surface area contributed by atoms with E-state index in [4.69, 9.17) is 4.74 Å². The molecule has 4 fully saturated rings. The van der Waals surface area contributed by atoms with Gasteiger partial charge < -0.3 is 4.74 Å². The molecule has 1 nitrogen and oxygen atoms in total. The second-order valence-electron chi connectivity index (χ2n) is 6.20. The Labute approximate surface area is 86.2 Å². The molecule has 0 heterocycles. The number of hydrogen-bond donors (Lipinski definition) is 0. The van der Waals surface area contributed by atoms with Crippen molar-refractivity contribution in [3.8, 4) is 0 Å². The molecule has 0 saturated heterocycles. The minimum Gasteiger partial charge on any atom is -0.378 e. The van der Waals surface area contributed by atoms with E-state index < -0.39 is 0 Å². The fourth-order valence-electron chi connectivity index (χ4n) is 6.24. The lowest BCUT2D eigenvalue weighted by Gasteiger charge is -2.75. The Bertz CT molecular complexity index is 294. The lowest BCUT2D eigenvalue weighted by atomic mass is 9.32. The quantitative estimate of drug-likeness (QED) is 0.653. The zero-order chi connectivity index (χ0) is 9.55. The molecule has 1 spiro atoms. The largest absolute Gasteiger partial charge is 0.378 e. The highest BCUT2D eigenvalue weighted by atomic mass is 16.5. The SMILES string of the molecule is CCC1(OC)C2CC3CC4CC1C42C3. The van der Waals surface area contributed by atoms with E-state index in [9.17, 15) is 0 Å². The van der Waals surface area contributed by atoms with Crippen LogP contribution in [0.25, 0.3) is 0 Å². The van der Waals surface area contributed by atoms with Gasteiger partial charge in [-0.05, 0) is 61.2 Å². The van der Waals surface area contributed by atoms with Crippen LogP contribution in [-0.4, -0.2) is 12.7 Å². The molecule has 4 aliphatic rings. The standard InChI is InChI=1S/C13H20O/c1-3-13(14-2)10-5-8-4-9-6-11(13)12(9,10)7-8/h8-11H,3-7H2,1-2H3. The van der Waals surface area contributed by atoms with Crippen LogP contribution in [-0.2, 0) is 4.74 Å². The normalized spacial score (nSPS) is 67.3. The second-order valence-corrected chi connectivity index (χ2v) is 6.20. The van der Waals surface area contributed by atoms with Gasteiger partial charge in [-0.1, -0.05) is 6.92 Å². The van der Waals surface area contributed by atoms with Crippen LogP contribution < -0.4 is 0 Å². The van der Waals surface area contributed by atoms with E-state index in [1.807, 2.05) is 7.11 Å². The van der Waals surface area contributed by atoms with Crippen molar-refractivity contribution in [2.24, 2.45) is 29.1 Å². The van der Waals surface area contributed by atoms with Gasteiger partial charge in [0.2, 0.25) is 0 Å². The van der Waals surface area contributed by atoms with Gasteiger partial charge in [0.25, 0.3) is 0 Å². The molecule has 6 unspecified atom stereocenters. The summed E-state index contributed by atoms with van der Waals surface area (Å²) in [6.45, 7) is 2.33. The Balaban J connectivity index is 1.77. The van der Waals surface area contributed by atoms with Crippen molar-refractivity contribution >= 4 is 0 Å². The summed E-state index contributed by atoms with van der Waals surface area (Å²) in [6.07, 6.45) is 7.37. The predicted molar refractivity (Wildman–Crippen MR) is 54.9 cm³/mol. The minimum absolute atomic E-state index is 0.325. The summed E-state index contributed by atoms with van der Waals surface area (Å²) in [6, 6.07) is 0. The maximum Gasteiger partial charge on any atom is 0.0743 e. The van der Waals surface area contributed by atoms with E-state index in [-0.39, 0.29) is 0 Å². The van der Waals surface area contributed by atoms with Crippen molar-refractivity contribution in [2.75, 3.05) is 7.11 Å². The zero-order valence-electron chi connectivity index (χ0n) is 9.25. The maximum atomic E-state index is 5.93. The number of methoxy groups -OCH3 is 1. The summed E-state index contributed by atoms with van der Waals surface area (Å²) in [7, 11) is 1.95. The highest BCUT2D eigenvalue weighted by molar-refractivity contribution is 5.31.